The van der Waals surface area contributed by atoms with Gasteiger partial charge in [0.2, 0.25) is 5.88 Å². The minimum absolute atomic E-state index is 0.0457. The number of hydrogen-bond acceptors (Lipinski definition) is 4. The van der Waals surface area contributed by atoms with Crippen LogP contribution in [0, 0.1) is 0 Å². The van der Waals surface area contributed by atoms with Crippen molar-refractivity contribution in [1.82, 2.24) is 14.5 Å². The molecule has 3 rings (SSSR count). The second kappa shape index (κ2) is 4.03. The standard InChI is InChI=1S/C12H11N3O2/c16-7-5-10-14-9-3-1-6-13-12(9)15(10)11-4-2-8-17-11/h1-4,6,8,16H,5,7H2. The van der Waals surface area contributed by atoms with Crippen molar-refractivity contribution in [3.63, 3.8) is 0 Å². The summed E-state index contributed by atoms with van der Waals surface area (Å²) in [5.41, 5.74) is 1.54. The Kier molecular flexibility index (Phi) is 2.38. The van der Waals surface area contributed by atoms with Crippen LogP contribution in [0.15, 0.2) is 41.1 Å². The molecule has 3 aromatic heterocycles. The van der Waals surface area contributed by atoms with Gasteiger partial charge in [0.25, 0.3) is 0 Å². The summed E-state index contributed by atoms with van der Waals surface area (Å²) in [4.78, 5) is 8.74. The van der Waals surface area contributed by atoms with Gasteiger partial charge in [0.05, 0.1) is 12.9 Å². The summed E-state index contributed by atoms with van der Waals surface area (Å²) < 4.78 is 7.20. The molecule has 0 spiro atoms. The van der Waals surface area contributed by atoms with E-state index in [2.05, 4.69) is 9.97 Å². The van der Waals surface area contributed by atoms with Crippen LogP contribution < -0.4 is 0 Å². The van der Waals surface area contributed by atoms with Gasteiger partial charge in [-0.1, -0.05) is 0 Å². The molecular formula is C12H11N3O2. The largest absolute Gasteiger partial charge is 0.448 e. The lowest BCUT2D eigenvalue weighted by Crippen LogP contribution is -2.03. The van der Waals surface area contributed by atoms with Crippen molar-refractivity contribution in [1.29, 1.82) is 0 Å². The van der Waals surface area contributed by atoms with Crippen LogP contribution in [-0.2, 0) is 6.42 Å². The van der Waals surface area contributed by atoms with Crippen molar-refractivity contribution in [2.45, 2.75) is 6.42 Å². The number of pyridine rings is 1. The summed E-state index contributed by atoms with van der Waals surface area (Å²) in [5.74, 6) is 1.41. The molecule has 0 unspecified atom stereocenters. The highest BCUT2D eigenvalue weighted by Crippen LogP contribution is 2.20. The molecule has 0 saturated heterocycles. The lowest BCUT2D eigenvalue weighted by atomic mass is 10.4. The zero-order valence-electron chi connectivity index (χ0n) is 9.08. The lowest BCUT2D eigenvalue weighted by Gasteiger charge is -2.03. The highest BCUT2D eigenvalue weighted by molar-refractivity contribution is 5.73. The van der Waals surface area contributed by atoms with Gasteiger partial charge in [-0.3, -0.25) is 0 Å². The van der Waals surface area contributed by atoms with Crippen LogP contribution in [0.2, 0.25) is 0 Å². The summed E-state index contributed by atoms with van der Waals surface area (Å²) >= 11 is 0. The Hall–Kier alpha value is -2.14. The van der Waals surface area contributed by atoms with Crippen molar-refractivity contribution in [2.75, 3.05) is 6.61 Å². The van der Waals surface area contributed by atoms with Crippen molar-refractivity contribution < 1.29 is 9.52 Å². The first-order valence-electron chi connectivity index (χ1n) is 5.37. The van der Waals surface area contributed by atoms with E-state index in [9.17, 15) is 0 Å². The zero-order chi connectivity index (χ0) is 11.7. The summed E-state index contributed by atoms with van der Waals surface area (Å²) in [6, 6.07) is 7.39. The fraction of sp³-hybridized carbons (Fsp3) is 0.167. The van der Waals surface area contributed by atoms with Crippen molar-refractivity contribution in [3.8, 4) is 5.88 Å². The number of imidazole rings is 1. The first kappa shape index (κ1) is 10.0. The Morgan fingerprint density at radius 2 is 2.24 bits per heavy atom. The van der Waals surface area contributed by atoms with Crippen LogP contribution in [0.1, 0.15) is 5.82 Å². The molecule has 0 amide bonds. The van der Waals surface area contributed by atoms with E-state index in [0.717, 1.165) is 17.0 Å². The molecule has 0 aromatic carbocycles. The highest BCUT2D eigenvalue weighted by Gasteiger charge is 2.14. The Balaban J connectivity index is 2.28. The average molecular weight is 229 g/mol. The summed E-state index contributed by atoms with van der Waals surface area (Å²) in [6.07, 6.45) is 3.79. The van der Waals surface area contributed by atoms with E-state index < -0.39 is 0 Å². The molecule has 0 aliphatic heterocycles. The fourth-order valence-corrected chi connectivity index (χ4v) is 1.86. The number of aliphatic hydroxyl groups excluding tert-OH is 1. The minimum Gasteiger partial charge on any atom is -0.448 e. The maximum absolute atomic E-state index is 9.06. The molecule has 86 valence electrons. The number of fused-ring (bicyclic) bond motifs is 1. The molecule has 3 heterocycles. The van der Waals surface area contributed by atoms with Crippen LogP contribution >= 0.6 is 0 Å². The predicted octanol–water partition coefficient (Wildman–Crippen LogP) is 1.55. The molecule has 1 N–H and O–H groups in total. The molecule has 0 saturated carbocycles. The van der Waals surface area contributed by atoms with Crippen LogP contribution in [-0.4, -0.2) is 26.2 Å². The molecule has 17 heavy (non-hydrogen) atoms. The number of aromatic nitrogens is 3. The van der Waals surface area contributed by atoms with Gasteiger partial charge in [-0.2, -0.15) is 0 Å². The van der Waals surface area contributed by atoms with Crippen LogP contribution in [0.3, 0.4) is 0 Å². The van der Waals surface area contributed by atoms with E-state index in [4.69, 9.17) is 9.52 Å². The van der Waals surface area contributed by atoms with Gasteiger partial charge in [-0.05, 0) is 18.2 Å². The van der Waals surface area contributed by atoms with Crippen LogP contribution in [0.4, 0.5) is 0 Å². The fourth-order valence-electron chi connectivity index (χ4n) is 1.86. The van der Waals surface area contributed by atoms with Crippen LogP contribution in [0.25, 0.3) is 17.0 Å². The first-order chi connectivity index (χ1) is 8.40. The second-order valence-corrected chi connectivity index (χ2v) is 3.63. The molecule has 0 bridgehead atoms. The minimum atomic E-state index is 0.0457. The number of hydrogen-bond donors (Lipinski definition) is 1. The maximum atomic E-state index is 9.06. The third kappa shape index (κ3) is 1.60. The number of rotatable bonds is 3. The molecule has 3 aromatic rings. The number of furan rings is 1. The monoisotopic (exact) mass is 229 g/mol. The van der Waals surface area contributed by atoms with E-state index in [0.29, 0.717) is 12.3 Å². The predicted molar refractivity (Wildman–Crippen MR) is 61.9 cm³/mol. The molecule has 0 radical (unpaired) electrons. The van der Waals surface area contributed by atoms with Gasteiger partial charge in [0.15, 0.2) is 5.65 Å². The Labute approximate surface area is 97.3 Å². The van der Waals surface area contributed by atoms with E-state index in [-0.39, 0.29) is 6.61 Å². The van der Waals surface area contributed by atoms with Gasteiger partial charge in [0.1, 0.15) is 11.3 Å². The molecule has 0 atom stereocenters. The van der Waals surface area contributed by atoms with E-state index in [1.165, 1.54) is 0 Å². The Bertz CT molecular complexity index is 628. The van der Waals surface area contributed by atoms with E-state index >= 15 is 0 Å². The maximum Gasteiger partial charge on any atom is 0.206 e. The summed E-state index contributed by atoms with van der Waals surface area (Å²) in [5, 5.41) is 9.06. The van der Waals surface area contributed by atoms with Gasteiger partial charge >= 0.3 is 0 Å². The molecule has 0 aliphatic rings. The van der Waals surface area contributed by atoms with Gasteiger partial charge in [-0.15, -0.1) is 0 Å². The first-order valence-corrected chi connectivity index (χ1v) is 5.37. The van der Waals surface area contributed by atoms with Gasteiger partial charge in [-0.25, -0.2) is 14.5 Å². The van der Waals surface area contributed by atoms with Crippen molar-refractivity contribution >= 4 is 11.2 Å². The smallest absolute Gasteiger partial charge is 0.206 e. The molecule has 5 heteroatoms. The summed E-state index contributed by atoms with van der Waals surface area (Å²) in [7, 11) is 0. The van der Waals surface area contributed by atoms with Crippen LogP contribution in [0.5, 0.6) is 0 Å². The van der Waals surface area contributed by atoms with Crippen molar-refractivity contribution in [2.24, 2.45) is 0 Å². The van der Waals surface area contributed by atoms with E-state index in [1.807, 2.05) is 28.8 Å². The molecule has 0 fully saturated rings. The normalized spacial score (nSPS) is 11.1. The topological polar surface area (TPSA) is 64.1 Å². The third-order valence-electron chi connectivity index (χ3n) is 2.55. The lowest BCUT2D eigenvalue weighted by molar-refractivity contribution is 0.295. The van der Waals surface area contributed by atoms with Gasteiger partial charge in [0, 0.05) is 18.7 Å². The number of aliphatic hydroxyl groups is 1. The third-order valence-corrected chi connectivity index (χ3v) is 2.55. The average Bonchev–Trinajstić information content (AvgIpc) is 2.94. The Morgan fingerprint density at radius 3 is 3.00 bits per heavy atom. The number of nitrogens with zero attached hydrogens (tertiary/aromatic N) is 3. The SMILES string of the molecule is OCCc1nc2cccnc2n1-c1ccco1. The zero-order valence-corrected chi connectivity index (χ0v) is 9.08. The molecular weight excluding hydrogens is 218 g/mol. The highest BCUT2D eigenvalue weighted by atomic mass is 16.3. The quantitative estimate of drug-likeness (QED) is 0.740. The summed E-state index contributed by atoms with van der Waals surface area (Å²) in [6.45, 7) is 0.0457. The Morgan fingerprint density at radius 1 is 1.29 bits per heavy atom. The van der Waals surface area contributed by atoms with E-state index in [1.54, 1.807) is 12.5 Å². The molecule has 0 aliphatic carbocycles. The van der Waals surface area contributed by atoms with Gasteiger partial charge < -0.3 is 9.52 Å². The second-order valence-electron chi connectivity index (χ2n) is 3.63. The van der Waals surface area contributed by atoms with Crippen molar-refractivity contribution in [3.05, 3.63) is 42.5 Å². The molecule has 5 nitrogen and oxygen atoms in total.